The zero-order valence-electron chi connectivity index (χ0n) is 22.3. The molecule has 0 bridgehead atoms. The fraction of sp³-hybridized carbons (Fsp3) is 0.233. The fourth-order valence-corrected chi connectivity index (χ4v) is 6.05. The Kier molecular flexibility index (Phi) is 7.01. The van der Waals surface area contributed by atoms with Crippen LogP contribution < -0.4 is 19.1 Å². The van der Waals surface area contributed by atoms with E-state index in [2.05, 4.69) is 0 Å². The van der Waals surface area contributed by atoms with E-state index in [-0.39, 0.29) is 11.3 Å². The lowest BCUT2D eigenvalue weighted by molar-refractivity contribution is -0.132. The average Bonchev–Trinajstić information content (AvgIpc) is 3.46. The van der Waals surface area contributed by atoms with Crippen LogP contribution in [0.3, 0.4) is 0 Å². The molecular formula is C30H28N2O6S. The Morgan fingerprint density at radius 3 is 2.51 bits per heavy atom. The maximum absolute atomic E-state index is 13.6. The first-order valence-corrected chi connectivity index (χ1v) is 13.2. The highest BCUT2D eigenvalue weighted by Crippen LogP contribution is 2.46. The van der Waals surface area contributed by atoms with Crippen molar-refractivity contribution >= 4 is 44.1 Å². The maximum Gasteiger partial charge on any atom is 0.301 e. The molecule has 1 unspecified atom stereocenters. The summed E-state index contributed by atoms with van der Waals surface area (Å²) in [5.41, 5.74) is 3.68. The van der Waals surface area contributed by atoms with Crippen LogP contribution in [0, 0.1) is 13.8 Å². The van der Waals surface area contributed by atoms with Crippen LogP contribution in [-0.4, -0.2) is 42.6 Å². The number of carbonyl (C=O) groups is 2. The van der Waals surface area contributed by atoms with Gasteiger partial charge in [0, 0.05) is 5.56 Å². The first-order chi connectivity index (χ1) is 18.8. The molecule has 9 heteroatoms. The Balaban J connectivity index is 1.75. The molecule has 0 radical (unpaired) electrons. The number of aryl methyl sites for hydroxylation is 2. The van der Waals surface area contributed by atoms with Gasteiger partial charge in [0.1, 0.15) is 11.5 Å². The van der Waals surface area contributed by atoms with Gasteiger partial charge in [0.05, 0.1) is 42.7 Å². The van der Waals surface area contributed by atoms with Crippen molar-refractivity contribution in [2.75, 3.05) is 25.7 Å². The van der Waals surface area contributed by atoms with Crippen LogP contribution in [0.25, 0.3) is 16.0 Å². The molecule has 3 aromatic carbocycles. The van der Waals surface area contributed by atoms with E-state index in [0.29, 0.717) is 40.1 Å². The Morgan fingerprint density at radius 2 is 1.79 bits per heavy atom. The van der Waals surface area contributed by atoms with Crippen molar-refractivity contribution in [1.82, 2.24) is 4.98 Å². The van der Waals surface area contributed by atoms with Crippen LogP contribution in [-0.2, 0) is 9.59 Å². The van der Waals surface area contributed by atoms with E-state index < -0.39 is 17.7 Å². The molecule has 1 saturated heterocycles. The summed E-state index contributed by atoms with van der Waals surface area (Å²) in [5.74, 6) is -0.420. The molecule has 1 aromatic heterocycles. The van der Waals surface area contributed by atoms with E-state index in [1.807, 2.05) is 32.9 Å². The predicted octanol–water partition coefficient (Wildman–Crippen LogP) is 5.96. The molecule has 1 N–H and O–H groups in total. The monoisotopic (exact) mass is 544 g/mol. The Morgan fingerprint density at radius 1 is 1.03 bits per heavy atom. The Hall–Kier alpha value is -4.37. The molecule has 8 nitrogen and oxygen atoms in total. The highest BCUT2D eigenvalue weighted by molar-refractivity contribution is 7.22. The normalized spacial score (nSPS) is 16.6. The van der Waals surface area contributed by atoms with E-state index in [4.69, 9.17) is 19.2 Å². The minimum Gasteiger partial charge on any atom is -0.507 e. The van der Waals surface area contributed by atoms with E-state index in [1.54, 1.807) is 42.5 Å². The molecule has 4 aromatic rings. The van der Waals surface area contributed by atoms with Crippen LogP contribution >= 0.6 is 11.3 Å². The standard InChI is InChI=1S/C30H28N2O6S/c1-6-38-20-9-7-8-19(14-20)27(33)24-26(18-10-11-21(36-4)22(15-18)37-5)32(29(35)28(24)34)30-31-25-17(3)12-16(2)13-23(25)39-30/h7-15,26,33H,6H2,1-5H3/b27-24+. The number of aromatic nitrogens is 1. The number of Topliss-reactive ketones (excluding diaryl/α,β-unsaturated/α-hetero) is 1. The molecule has 0 aliphatic carbocycles. The van der Waals surface area contributed by atoms with Crippen LogP contribution in [0.5, 0.6) is 17.2 Å². The molecule has 1 amide bonds. The lowest BCUT2D eigenvalue weighted by Gasteiger charge is -2.23. The van der Waals surface area contributed by atoms with Crippen LogP contribution in [0.1, 0.15) is 35.2 Å². The van der Waals surface area contributed by atoms with Crippen molar-refractivity contribution in [3.05, 3.63) is 82.4 Å². The largest absolute Gasteiger partial charge is 0.507 e. The third-order valence-electron chi connectivity index (χ3n) is 6.61. The number of aliphatic hydroxyl groups is 1. The number of amides is 1. The first-order valence-electron chi connectivity index (χ1n) is 12.4. The number of hydrogen-bond donors (Lipinski definition) is 1. The lowest BCUT2D eigenvalue weighted by atomic mass is 9.95. The molecule has 200 valence electrons. The number of methoxy groups -OCH3 is 2. The quantitative estimate of drug-likeness (QED) is 0.174. The highest BCUT2D eigenvalue weighted by atomic mass is 32.1. The van der Waals surface area contributed by atoms with Gasteiger partial charge >= 0.3 is 5.91 Å². The minimum absolute atomic E-state index is 0.0481. The smallest absolute Gasteiger partial charge is 0.301 e. The van der Waals surface area contributed by atoms with E-state index in [0.717, 1.165) is 21.3 Å². The highest BCUT2D eigenvalue weighted by Gasteiger charge is 2.48. The third-order valence-corrected chi connectivity index (χ3v) is 7.61. The number of fused-ring (bicyclic) bond motifs is 1. The summed E-state index contributed by atoms with van der Waals surface area (Å²) in [4.78, 5) is 33.4. The summed E-state index contributed by atoms with van der Waals surface area (Å²) in [6, 6.07) is 15.0. The summed E-state index contributed by atoms with van der Waals surface area (Å²) in [7, 11) is 3.04. The molecule has 0 spiro atoms. The second kappa shape index (κ2) is 10.4. The van der Waals surface area contributed by atoms with Crippen molar-refractivity contribution in [1.29, 1.82) is 0 Å². The van der Waals surface area contributed by atoms with Gasteiger partial charge in [-0.15, -0.1) is 0 Å². The van der Waals surface area contributed by atoms with Gasteiger partial charge in [-0.3, -0.25) is 14.5 Å². The van der Waals surface area contributed by atoms with Gasteiger partial charge in [0.15, 0.2) is 16.6 Å². The number of ketones is 1. The van der Waals surface area contributed by atoms with Gasteiger partial charge in [-0.05, 0) is 67.8 Å². The molecule has 1 aliphatic rings. The van der Waals surface area contributed by atoms with Crippen molar-refractivity contribution in [2.45, 2.75) is 26.8 Å². The average molecular weight is 545 g/mol. The molecule has 2 heterocycles. The number of rotatable bonds is 7. The zero-order valence-corrected chi connectivity index (χ0v) is 23.1. The number of thiazole rings is 1. The van der Waals surface area contributed by atoms with Gasteiger partial charge in [0.25, 0.3) is 5.78 Å². The summed E-state index contributed by atoms with van der Waals surface area (Å²) >= 11 is 1.32. The van der Waals surface area contributed by atoms with Crippen molar-refractivity contribution in [3.63, 3.8) is 0 Å². The summed E-state index contributed by atoms with van der Waals surface area (Å²) < 4.78 is 17.4. The molecule has 5 rings (SSSR count). The predicted molar refractivity (Wildman–Crippen MR) is 151 cm³/mol. The van der Waals surface area contributed by atoms with Crippen LogP contribution in [0.15, 0.2) is 60.2 Å². The van der Waals surface area contributed by atoms with Gasteiger partial charge in [-0.1, -0.05) is 35.6 Å². The Labute approximate surface area is 230 Å². The molecular weight excluding hydrogens is 516 g/mol. The number of anilines is 1. The first kappa shape index (κ1) is 26.2. The molecule has 1 aliphatic heterocycles. The van der Waals surface area contributed by atoms with Gasteiger partial charge in [-0.2, -0.15) is 0 Å². The zero-order chi connectivity index (χ0) is 27.8. The van der Waals surface area contributed by atoms with Crippen molar-refractivity contribution in [3.8, 4) is 17.2 Å². The molecule has 39 heavy (non-hydrogen) atoms. The molecule has 0 saturated carbocycles. The summed E-state index contributed by atoms with van der Waals surface area (Å²) in [6.45, 7) is 6.26. The Bertz CT molecular complexity index is 1640. The van der Waals surface area contributed by atoms with E-state index in [9.17, 15) is 14.7 Å². The van der Waals surface area contributed by atoms with Gasteiger partial charge in [-0.25, -0.2) is 4.98 Å². The van der Waals surface area contributed by atoms with Gasteiger partial charge in [0.2, 0.25) is 0 Å². The number of aliphatic hydroxyl groups excluding tert-OH is 1. The number of nitrogens with zero attached hydrogens (tertiary/aromatic N) is 2. The number of ether oxygens (including phenoxy) is 3. The number of hydrogen-bond acceptors (Lipinski definition) is 8. The lowest BCUT2D eigenvalue weighted by Crippen LogP contribution is -2.29. The topological polar surface area (TPSA) is 98.2 Å². The van der Waals surface area contributed by atoms with E-state index >= 15 is 0 Å². The number of carbonyl (C=O) groups excluding carboxylic acids is 2. The van der Waals surface area contributed by atoms with Gasteiger partial charge < -0.3 is 19.3 Å². The third kappa shape index (κ3) is 4.59. The fourth-order valence-electron chi connectivity index (χ4n) is 4.89. The van der Waals surface area contributed by atoms with Crippen LogP contribution in [0.2, 0.25) is 0 Å². The maximum atomic E-state index is 13.6. The number of benzene rings is 3. The van der Waals surface area contributed by atoms with E-state index in [1.165, 1.54) is 30.5 Å². The minimum atomic E-state index is -0.956. The SMILES string of the molecule is CCOc1cccc(/C(O)=C2\C(=O)C(=O)N(c3nc4c(C)cc(C)cc4s3)C2c2ccc(OC)c(OC)c2)c1. The van der Waals surface area contributed by atoms with Crippen LogP contribution in [0.4, 0.5) is 5.13 Å². The molecule has 1 fully saturated rings. The summed E-state index contributed by atoms with van der Waals surface area (Å²) in [5, 5.41) is 11.9. The van der Waals surface area contributed by atoms with Crippen molar-refractivity contribution in [2.24, 2.45) is 0 Å². The molecule has 1 atom stereocenters. The summed E-state index contributed by atoms with van der Waals surface area (Å²) in [6.07, 6.45) is 0. The second-order valence-electron chi connectivity index (χ2n) is 9.17. The van der Waals surface area contributed by atoms with Crippen molar-refractivity contribution < 1.29 is 28.9 Å². The second-order valence-corrected chi connectivity index (χ2v) is 10.2.